The third-order valence-corrected chi connectivity index (χ3v) is 2.10. The van der Waals surface area contributed by atoms with Gasteiger partial charge >= 0.3 is 5.97 Å². The largest absolute Gasteiger partial charge is 0.466 e. The van der Waals surface area contributed by atoms with Crippen LogP contribution in [0.3, 0.4) is 0 Å². The first-order valence-electron chi connectivity index (χ1n) is 5.61. The van der Waals surface area contributed by atoms with Crippen molar-refractivity contribution in [2.75, 3.05) is 13.2 Å². The number of oxime groups is 1. The molecule has 0 aliphatic heterocycles. The molecule has 0 radical (unpaired) electrons. The van der Waals surface area contributed by atoms with E-state index in [1.165, 1.54) is 0 Å². The van der Waals surface area contributed by atoms with Gasteiger partial charge in [-0.05, 0) is 19.4 Å². The average Bonchev–Trinajstić information content (AvgIpc) is 2.36. The van der Waals surface area contributed by atoms with Crippen molar-refractivity contribution >= 4 is 11.7 Å². The predicted octanol–water partition coefficient (Wildman–Crippen LogP) is 2.38. The molecule has 0 atom stereocenters. The van der Waals surface area contributed by atoms with Crippen molar-refractivity contribution in [2.24, 2.45) is 5.16 Å². The molecule has 4 nitrogen and oxygen atoms in total. The Labute approximate surface area is 101 Å². The fraction of sp³-hybridized carbons (Fsp3) is 0.385. The van der Waals surface area contributed by atoms with E-state index in [9.17, 15) is 4.79 Å². The topological polar surface area (TPSA) is 47.9 Å². The molecule has 1 aromatic rings. The molecule has 0 spiro atoms. The van der Waals surface area contributed by atoms with Crippen molar-refractivity contribution in [2.45, 2.75) is 20.3 Å². The minimum absolute atomic E-state index is 0.222. The normalized spacial score (nSPS) is 11.1. The second-order valence-corrected chi connectivity index (χ2v) is 3.43. The number of nitrogens with zero attached hydrogens (tertiary/aromatic N) is 1. The fourth-order valence-corrected chi connectivity index (χ4v) is 1.24. The highest BCUT2D eigenvalue weighted by atomic mass is 16.6. The van der Waals surface area contributed by atoms with E-state index < -0.39 is 0 Å². The summed E-state index contributed by atoms with van der Waals surface area (Å²) in [6.45, 7) is 4.27. The maximum atomic E-state index is 11.0. The summed E-state index contributed by atoms with van der Waals surface area (Å²) in [5.41, 5.74) is 1.79. The number of rotatable bonds is 6. The summed E-state index contributed by atoms with van der Waals surface area (Å²) in [7, 11) is 0. The average molecular weight is 235 g/mol. The molecule has 0 saturated heterocycles. The second kappa shape index (κ2) is 7.44. The number of ether oxygens (including phenoxy) is 1. The first-order valence-corrected chi connectivity index (χ1v) is 5.61. The molecule has 0 fully saturated rings. The van der Waals surface area contributed by atoms with E-state index in [4.69, 9.17) is 9.57 Å². The zero-order chi connectivity index (χ0) is 12.5. The molecule has 0 unspecified atom stereocenters. The quantitative estimate of drug-likeness (QED) is 0.329. The fourth-order valence-electron chi connectivity index (χ4n) is 1.24. The minimum atomic E-state index is -0.264. The molecule has 92 valence electrons. The summed E-state index contributed by atoms with van der Waals surface area (Å²) >= 11 is 0. The lowest BCUT2D eigenvalue weighted by Crippen LogP contribution is -2.07. The SMILES string of the molecule is CCOC(=O)CCO/N=C(\C)c1ccccc1. The van der Waals surface area contributed by atoms with Crippen LogP contribution in [0, 0.1) is 0 Å². The van der Waals surface area contributed by atoms with Crippen molar-refractivity contribution in [1.29, 1.82) is 0 Å². The molecular formula is C13H17NO3. The van der Waals surface area contributed by atoms with E-state index >= 15 is 0 Å². The Morgan fingerprint density at radius 3 is 2.65 bits per heavy atom. The Balaban J connectivity index is 2.32. The van der Waals surface area contributed by atoms with Crippen LogP contribution in [0.25, 0.3) is 0 Å². The Morgan fingerprint density at radius 1 is 1.29 bits per heavy atom. The maximum Gasteiger partial charge on any atom is 0.309 e. The summed E-state index contributed by atoms with van der Waals surface area (Å²) < 4.78 is 4.77. The highest BCUT2D eigenvalue weighted by Gasteiger charge is 2.01. The number of hydrogen-bond acceptors (Lipinski definition) is 4. The zero-order valence-corrected chi connectivity index (χ0v) is 10.2. The standard InChI is InChI=1S/C13H17NO3/c1-3-16-13(15)9-10-17-14-11(2)12-7-5-4-6-8-12/h4-8H,3,9-10H2,1-2H3/b14-11+. The van der Waals surface area contributed by atoms with Crippen LogP contribution in [-0.2, 0) is 14.4 Å². The number of carbonyl (C=O) groups excluding carboxylic acids is 1. The summed E-state index contributed by atoms with van der Waals surface area (Å²) in [4.78, 5) is 16.1. The van der Waals surface area contributed by atoms with E-state index in [2.05, 4.69) is 5.16 Å². The van der Waals surface area contributed by atoms with Gasteiger partial charge in [0.2, 0.25) is 0 Å². The molecule has 0 saturated carbocycles. The third-order valence-electron chi connectivity index (χ3n) is 2.10. The molecule has 0 heterocycles. The van der Waals surface area contributed by atoms with Gasteiger partial charge in [-0.1, -0.05) is 35.5 Å². The Hall–Kier alpha value is -1.84. The van der Waals surface area contributed by atoms with Crippen molar-refractivity contribution in [3.05, 3.63) is 35.9 Å². The first kappa shape index (κ1) is 13.2. The van der Waals surface area contributed by atoms with E-state index in [1.807, 2.05) is 37.3 Å². The number of benzene rings is 1. The van der Waals surface area contributed by atoms with Crippen LogP contribution in [0.1, 0.15) is 25.8 Å². The lowest BCUT2D eigenvalue weighted by atomic mass is 10.1. The molecule has 0 amide bonds. The van der Waals surface area contributed by atoms with Gasteiger partial charge in [0.15, 0.2) is 0 Å². The lowest BCUT2D eigenvalue weighted by Gasteiger charge is -2.02. The molecule has 0 aliphatic carbocycles. The molecular weight excluding hydrogens is 218 g/mol. The number of esters is 1. The summed E-state index contributed by atoms with van der Waals surface area (Å²) in [5.74, 6) is -0.264. The van der Waals surface area contributed by atoms with E-state index in [0.717, 1.165) is 11.3 Å². The minimum Gasteiger partial charge on any atom is -0.466 e. The molecule has 0 N–H and O–H groups in total. The molecule has 0 bridgehead atoms. The zero-order valence-electron chi connectivity index (χ0n) is 10.2. The van der Waals surface area contributed by atoms with Crippen molar-refractivity contribution in [3.63, 3.8) is 0 Å². The van der Waals surface area contributed by atoms with Crippen LogP contribution in [-0.4, -0.2) is 24.9 Å². The highest BCUT2D eigenvalue weighted by molar-refractivity contribution is 5.98. The second-order valence-electron chi connectivity index (χ2n) is 3.43. The Kier molecular flexibility index (Phi) is 5.79. The van der Waals surface area contributed by atoms with Gasteiger partial charge in [0, 0.05) is 0 Å². The van der Waals surface area contributed by atoms with E-state index in [0.29, 0.717) is 6.61 Å². The van der Waals surface area contributed by atoms with Crippen molar-refractivity contribution in [1.82, 2.24) is 0 Å². The van der Waals surface area contributed by atoms with Crippen LogP contribution >= 0.6 is 0 Å². The summed E-state index contributed by atoms with van der Waals surface area (Å²) in [6, 6.07) is 9.72. The van der Waals surface area contributed by atoms with Crippen molar-refractivity contribution in [3.8, 4) is 0 Å². The van der Waals surface area contributed by atoms with Gasteiger partial charge in [-0.15, -0.1) is 0 Å². The smallest absolute Gasteiger partial charge is 0.309 e. The first-order chi connectivity index (χ1) is 8.24. The van der Waals surface area contributed by atoms with E-state index in [1.54, 1.807) is 6.92 Å². The number of hydrogen-bond donors (Lipinski definition) is 0. The predicted molar refractivity (Wildman–Crippen MR) is 65.9 cm³/mol. The molecule has 1 aromatic carbocycles. The Morgan fingerprint density at radius 2 is 2.00 bits per heavy atom. The molecule has 0 aromatic heterocycles. The van der Waals surface area contributed by atoms with Gasteiger partial charge in [-0.25, -0.2) is 0 Å². The monoisotopic (exact) mass is 235 g/mol. The molecule has 1 rings (SSSR count). The van der Waals surface area contributed by atoms with Crippen LogP contribution < -0.4 is 0 Å². The van der Waals surface area contributed by atoms with Gasteiger partial charge < -0.3 is 9.57 Å². The van der Waals surface area contributed by atoms with Crippen molar-refractivity contribution < 1.29 is 14.4 Å². The number of carbonyl (C=O) groups is 1. The summed E-state index contributed by atoms with van der Waals surface area (Å²) in [6.07, 6.45) is 0.222. The lowest BCUT2D eigenvalue weighted by molar-refractivity contribution is -0.144. The molecule has 17 heavy (non-hydrogen) atoms. The van der Waals surface area contributed by atoms with Gasteiger partial charge in [-0.3, -0.25) is 4.79 Å². The van der Waals surface area contributed by atoms with Gasteiger partial charge in [0.05, 0.1) is 18.7 Å². The third kappa shape index (κ3) is 5.15. The van der Waals surface area contributed by atoms with Crippen LogP contribution in [0.2, 0.25) is 0 Å². The van der Waals surface area contributed by atoms with Gasteiger partial charge in [0.25, 0.3) is 0 Å². The maximum absolute atomic E-state index is 11.0. The Bertz CT molecular complexity index is 374. The summed E-state index contributed by atoms with van der Waals surface area (Å²) in [5, 5.41) is 3.94. The van der Waals surface area contributed by atoms with Gasteiger partial charge in [-0.2, -0.15) is 0 Å². The van der Waals surface area contributed by atoms with Gasteiger partial charge in [0.1, 0.15) is 6.61 Å². The molecule has 0 aliphatic rings. The van der Waals surface area contributed by atoms with Crippen LogP contribution in [0.4, 0.5) is 0 Å². The molecule has 4 heteroatoms. The van der Waals surface area contributed by atoms with Crippen LogP contribution in [0.5, 0.6) is 0 Å². The highest BCUT2D eigenvalue weighted by Crippen LogP contribution is 2.01. The van der Waals surface area contributed by atoms with E-state index in [-0.39, 0.29) is 19.0 Å². The van der Waals surface area contributed by atoms with Crippen LogP contribution in [0.15, 0.2) is 35.5 Å².